The number of hydrogen-bond donors (Lipinski definition) is 2. The summed E-state index contributed by atoms with van der Waals surface area (Å²) in [6, 6.07) is 1.98. The summed E-state index contributed by atoms with van der Waals surface area (Å²) < 4.78 is 8.43. The lowest BCUT2D eigenvalue weighted by Crippen LogP contribution is -2.62. The van der Waals surface area contributed by atoms with Crippen LogP contribution in [-0.4, -0.2) is 36.9 Å². The van der Waals surface area contributed by atoms with Gasteiger partial charge in [-0.25, -0.2) is 4.79 Å². The summed E-state index contributed by atoms with van der Waals surface area (Å²) in [5.74, 6) is 3.88. The molecule has 28 heavy (non-hydrogen) atoms. The van der Waals surface area contributed by atoms with Gasteiger partial charge >= 0.3 is 5.69 Å². The van der Waals surface area contributed by atoms with Gasteiger partial charge in [-0.2, -0.15) is 0 Å². The van der Waals surface area contributed by atoms with Gasteiger partial charge in [-0.05, 0) is 50.0 Å². The number of fused-ring (bicyclic) bond motifs is 3. The molecule has 4 atom stereocenters. The van der Waals surface area contributed by atoms with Crippen LogP contribution < -0.4 is 5.69 Å². The Morgan fingerprint density at radius 3 is 2.82 bits per heavy atom. The minimum atomic E-state index is -0.219. The number of aromatic amines is 2. The van der Waals surface area contributed by atoms with Crippen molar-refractivity contribution in [3.8, 4) is 12.3 Å². The van der Waals surface area contributed by atoms with Crippen LogP contribution in [-0.2, 0) is 10.3 Å². The molecule has 4 bridgehead atoms. The number of H-pyrrole nitrogens is 2. The summed E-state index contributed by atoms with van der Waals surface area (Å²) >= 11 is 0. The molecule has 4 fully saturated rings. The fourth-order valence-electron chi connectivity index (χ4n) is 6.82. The molecule has 2 unspecified atom stereocenters. The average Bonchev–Trinajstić information content (AvgIpc) is 3.23. The number of ether oxygens (including phenoxy) is 1. The van der Waals surface area contributed by atoms with Gasteiger partial charge in [-0.3, -0.25) is 9.55 Å². The van der Waals surface area contributed by atoms with Gasteiger partial charge < -0.3 is 9.72 Å². The Kier molecular flexibility index (Phi) is 3.20. The lowest BCUT2D eigenvalue weighted by Gasteiger charge is -2.61. The highest BCUT2D eigenvalue weighted by Crippen LogP contribution is 2.61. The second-order valence-corrected chi connectivity index (χ2v) is 9.07. The second-order valence-electron chi connectivity index (χ2n) is 9.07. The predicted octanol–water partition coefficient (Wildman–Crippen LogP) is 2.69. The molecule has 3 heterocycles. The Labute approximate surface area is 161 Å². The molecule has 4 aliphatic rings. The first kappa shape index (κ1) is 16.4. The number of rotatable bonds is 4. The molecule has 3 aromatic rings. The number of nitrogens with zero attached hydrogens (tertiary/aromatic N) is 3. The van der Waals surface area contributed by atoms with Crippen LogP contribution >= 0.6 is 0 Å². The van der Waals surface area contributed by atoms with E-state index < -0.39 is 0 Å². The van der Waals surface area contributed by atoms with E-state index in [1.54, 1.807) is 0 Å². The fourth-order valence-corrected chi connectivity index (χ4v) is 6.82. The third kappa shape index (κ3) is 2.12. The van der Waals surface area contributed by atoms with Gasteiger partial charge in [-0.15, -0.1) is 22.5 Å². The molecule has 3 aromatic heterocycles. The Bertz CT molecular complexity index is 1170. The molecule has 4 aliphatic carbocycles. The molecule has 0 radical (unpaired) electrons. The SMILES string of the molecule is C#CCCOC12C[C@H]3C[C@@H](C1)CC(n1c(=O)[nH]c4nnc5[nH]ccc5c41)(C3)C2. The monoisotopic (exact) mass is 377 g/mol. The summed E-state index contributed by atoms with van der Waals surface area (Å²) in [5, 5.41) is 9.40. The number of nitrogens with one attached hydrogen (secondary N) is 2. The van der Waals surface area contributed by atoms with Crippen LogP contribution in [0, 0.1) is 24.2 Å². The molecular formula is C21H23N5O2. The van der Waals surface area contributed by atoms with E-state index in [0.29, 0.717) is 36.2 Å². The molecule has 0 amide bonds. The van der Waals surface area contributed by atoms with Crippen molar-refractivity contribution in [2.75, 3.05) is 6.61 Å². The highest BCUT2D eigenvalue weighted by molar-refractivity contribution is 5.99. The van der Waals surface area contributed by atoms with Crippen LogP contribution in [0.5, 0.6) is 0 Å². The highest BCUT2D eigenvalue weighted by Gasteiger charge is 2.60. The van der Waals surface area contributed by atoms with E-state index in [-0.39, 0.29) is 16.8 Å². The Balaban J connectivity index is 1.53. The summed E-state index contributed by atoms with van der Waals surface area (Å²) in [7, 11) is 0. The maximum Gasteiger partial charge on any atom is 0.328 e. The van der Waals surface area contributed by atoms with Crippen LogP contribution in [0.3, 0.4) is 0 Å². The Morgan fingerprint density at radius 1 is 1.25 bits per heavy atom. The van der Waals surface area contributed by atoms with Gasteiger partial charge in [0, 0.05) is 24.4 Å². The molecule has 0 aliphatic heterocycles. The lowest BCUT2D eigenvalue weighted by molar-refractivity contribution is -0.185. The van der Waals surface area contributed by atoms with E-state index in [4.69, 9.17) is 11.2 Å². The lowest BCUT2D eigenvalue weighted by atomic mass is 9.51. The van der Waals surface area contributed by atoms with Crippen LogP contribution in [0.1, 0.15) is 44.9 Å². The number of terminal acetylenes is 1. The van der Waals surface area contributed by atoms with Crippen molar-refractivity contribution in [3.05, 3.63) is 22.7 Å². The molecule has 4 saturated carbocycles. The van der Waals surface area contributed by atoms with E-state index >= 15 is 0 Å². The third-order valence-corrected chi connectivity index (χ3v) is 7.21. The molecule has 7 nitrogen and oxygen atoms in total. The Hall–Kier alpha value is -2.59. The fraction of sp³-hybridized carbons (Fsp3) is 0.571. The first-order chi connectivity index (χ1) is 13.6. The first-order valence-electron chi connectivity index (χ1n) is 10.1. The van der Waals surface area contributed by atoms with Gasteiger partial charge in [0.05, 0.1) is 17.7 Å². The van der Waals surface area contributed by atoms with Crippen LogP contribution in [0.25, 0.3) is 22.2 Å². The maximum atomic E-state index is 13.1. The summed E-state index contributed by atoms with van der Waals surface area (Å²) in [5.41, 5.74) is 1.70. The quantitative estimate of drug-likeness (QED) is 0.540. The van der Waals surface area contributed by atoms with E-state index in [1.807, 2.05) is 16.8 Å². The Morgan fingerprint density at radius 2 is 2.04 bits per heavy atom. The maximum absolute atomic E-state index is 13.1. The highest BCUT2D eigenvalue weighted by atomic mass is 16.5. The zero-order valence-electron chi connectivity index (χ0n) is 15.7. The van der Waals surface area contributed by atoms with Crippen molar-refractivity contribution in [2.45, 2.75) is 56.1 Å². The molecule has 0 spiro atoms. The largest absolute Gasteiger partial charge is 0.374 e. The van der Waals surface area contributed by atoms with Crippen molar-refractivity contribution in [3.63, 3.8) is 0 Å². The normalized spacial score (nSPS) is 33.7. The molecule has 144 valence electrons. The van der Waals surface area contributed by atoms with Crippen molar-refractivity contribution in [1.29, 1.82) is 0 Å². The van der Waals surface area contributed by atoms with Gasteiger partial charge in [0.15, 0.2) is 11.3 Å². The molecule has 7 rings (SSSR count). The van der Waals surface area contributed by atoms with Crippen molar-refractivity contribution < 1.29 is 4.74 Å². The van der Waals surface area contributed by atoms with E-state index in [1.165, 1.54) is 6.42 Å². The summed E-state index contributed by atoms with van der Waals surface area (Å²) in [4.78, 5) is 19.2. The minimum absolute atomic E-state index is 0.0845. The van der Waals surface area contributed by atoms with Gasteiger partial charge in [0.25, 0.3) is 0 Å². The summed E-state index contributed by atoms with van der Waals surface area (Å²) in [6.07, 6.45) is 14.3. The zero-order chi connectivity index (χ0) is 18.9. The zero-order valence-corrected chi connectivity index (χ0v) is 15.7. The van der Waals surface area contributed by atoms with Gasteiger partial charge in [0.2, 0.25) is 0 Å². The van der Waals surface area contributed by atoms with Crippen molar-refractivity contribution in [1.82, 2.24) is 24.7 Å². The van der Waals surface area contributed by atoms with Gasteiger partial charge in [0.1, 0.15) is 5.52 Å². The molecule has 0 aromatic carbocycles. The third-order valence-electron chi connectivity index (χ3n) is 7.21. The predicted molar refractivity (Wildman–Crippen MR) is 105 cm³/mol. The van der Waals surface area contributed by atoms with Crippen LogP contribution in [0.2, 0.25) is 0 Å². The first-order valence-corrected chi connectivity index (χ1v) is 10.1. The standard InChI is InChI=1S/C21H23N5O2/c1-2-3-6-28-21-10-13-7-14(11-21)9-20(8-13,12-21)26-16-15-4-5-22-17(15)24-25-18(16)23-19(26)27/h1,4-5,13-14H,3,6-12H2,(H,22,24)(H,23,25,27)/t13-,14+,20?,21?. The topological polar surface area (TPSA) is 88.6 Å². The number of imidazole rings is 1. The average molecular weight is 377 g/mol. The van der Waals surface area contributed by atoms with Crippen molar-refractivity contribution in [2.24, 2.45) is 11.8 Å². The van der Waals surface area contributed by atoms with E-state index in [0.717, 1.165) is 43.0 Å². The smallest absolute Gasteiger partial charge is 0.328 e. The van der Waals surface area contributed by atoms with Gasteiger partial charge in [-0.1, -0.05) is 0 Å². The number of hydrogen-bond acceptors (Lipinski definition) is 4. The van der Waals surface area contributed by atoms with Crippen LogP contribution in [0.4, 0.5) is 0 Å². The van der Waals surface area contributed by atoms with E-state index in [9.17, 15) is 4.79 Å². The summed E-state index contributed by atoms with van der Waals surface area (Å²) in [6.45, 7) is 0.600. The second kappa shape index (κ2) is 5.48. The molecule has 2 N–H and O–H groups in total. The van der Waals surface area contributed by atoms with Crippen LogP contribution in [0.15, 0.2) is 17.1 Å². The van der Waals surface area contributed by atoms with E-state index in [2.05, 4.69) is 26.1 Å². The molecule has 0 saturated heterocycles. The molecular weight excluding hydrogens is 354 g/mol. The van der Waals surface area contributed by atoms with Crippen molar-refractivity contribution >= 4 is 22.2 Å². The number of aromatic nitrogens is 5. The minimum Gasteiger partial charge on any atom is -0.374 e. The molecule has 7 heteroatoms.